The number of carbonyl (C=O) groups excluding carboxylic acids is 1. The van der Waals surface area contributed by atoms with Crippen molar-refractivity contribution in [2.45, 2.75) is 19.9 Å². The molecule has 8 nitrogen and oxygen atoms in total. The minimum atomic E-state index is -0.791. The Kier molecular flexibility index (Phi) is 6.59. The second-order valence-corrected chi connectivity index (χ2v) is 10.9. The van der Waals surface area contributed by atoms with Gasteiger partial charge in [-0.15, -0.1) is 0 Å². The van der Waals surface area contributed by atoms with Crippen molar-refractivity contribution in [2.24, 2.45) is 12.0 Å². The lowest BCUT2D eigenvalue weighted by molar-refractivity contribution is -0.113. The number of allylic oxidation sites excluding steroid dienone is 1. The van der Waals surface area contributed by atoms with Gasteiger partial charge in [-0.3, -0.25) is 14.2 Å². The number of para-hydroxylation sites is 2. The summed E-state index contributed by atoms with van der Waals surface area (Å²) in [4.78, 5) is 33.1. The zero-order valence-electron chi connectivity index (χ0n) is 23.0. The molecule has 5 aromatic rings. The van der Waals surface area contributed by atoms with Crippen LogP contribution in [0.5, 0.6) is 11.5 Å². The van der Waals surface area contributed by atoms with Gasteiger partial charge in [0.05, 0.1) is 29.0 Å². The van der Waals surface area contributed by atoms with E-state index < -0.39 is 6.04 Å². The number of phenols is 1. The zero-order valence-corrected chi connectivity index (χ0v) is 23.8. The Bertz CT molecular complexity index is 2050. The number of amides is 1. The van der Waals surface area contributed by atoms with Gasteiger partial charge < -0.3 is 19.7 Å². The van der Waals surface area contributed by atoms with E-state index in [1.54, 1.807) is 35.8 Å². The highest BCUT2D eigenvalue weighted by atomic mass is 32.1. The molecule has 0 fully saturated rings. The SMILES string of the molecule is COc1cc([C@H]2C(C(=O)Nc3ccccc3)=C(C)N=c3s/c(=C\c4c(C)n(C)c5ccccc45)c(=O)n32)ccc1O. The molecule has 1 atom stereocenters. The van der Waals surface area contributed by atoms with E-state index in [1.165, 1.54) is 24.5 Å². The molecular weight excluding hydrogens is 536 g/mol. The van der Waals surface area contributed by atoms with Crippen LogP contribution < -0.4 is 24.9 Å². The largest absolute Gasteiger partial charge is 0.504 e. The second-order valence-electron chi connectivity index (χ2n) is 9.91. The number of ether oxygens (including phenoxy) is 1. The summed E-state index contributed by atoms with van der Waals surface area (Å²) >= 11 is 1.29. The van der Waals surface area contributed by atoms with Gasteiger partial charge in [0.15, 0.2) is 16.3 Å². The molecule has 0 unspecified atom stereocenters. The molecule has 0 spiro atoms. The number of nitrogens with one attached hydrogen (secondary N) is 1. The molecule has 0 bridgehead atoms. The number of carbonyl (C=O) groups is 1. The van der Waals surface area contributed by atoms with E-state index in [4.69, 9.17) is 9.73 Å². The average molecular weight is 565 g/mol. The number of aromatic hydroxyl groups is 1. The van der Waals surface area contributed by atoms with Crippen LogP contribution in [0.1, 0.15) is 29.8 Å². The Morgan fingerprint density at radius 2 is 1.80 bits per heavy atom. The summed E-state index contributed by atoms with van der Waals surface area (Å²) < 4.78 is 9.56. The number of aryl methyl sites for hydroxylation is 1. The molecule has 6 rings (SSSR count). The number of benzene rings is 3. The Balaban J connectivity index is 1.57. The van der Waals surface area contributed by atoms with Crippen molar-refractivity contribution in [3.05, 3.63) is 121 Å². The number of rotatable bonds is 5. The molecule has 2 N–H and O–H groups in total. The molecule has 0 radical (unpaired) electrons. The Hall–Kier alpha value is -4.89. The number of aromatic nitrogens is 2. The third-order valence-electron chi connectivity index (χ3n) is 7.54. The van der Waals surface area contributed by atoms with Gasteiger partial charge in [-0.1, -0.05) is 53.8 Å². The first kappa shape index (κ1) is 26.3. The molecule has 2 aromatic heterocycles. The third-order valence-corrected chi connectivity index (χ3v) is 8.52. The van der Waals surface area contributed by atoms with Crippen molar-refractivity contribution in [1.29, 1.82) is 0 Å². The molecule has 0 saturated heterocycles. The van der Waals surface area contributed by atoms with E-state index in [0.29, 0.717) is 31.9 Å². The normalized spacial score (nSPS) is 15.1. The molecular formula is C32H28N4O4S. The number of methoxy groups -OCH3 is 1. The monoisotopic (exact) mass is 564 g/mol. The first-order valence-corrected chi connectivity index (χ1v) is 13.9. The van der Waals surface area contributed by atoms with Crippen molar-refractivity contribution in [3.63, 3.8) is 0 Å². The van der Waals surface area contributed by atoms with E-state index in [-0.39, 0.29) is 23.0 Å². The number of nitrogens with zero attached hydrogens (tertiary/aromatic N) is 3. The lowest BCUT2D eigenvalue weighted by Crippen LogP contribution is -2.40. The number of anilines is 1. The third kappa shape index (κ3) is 4.44. The number of hydrogen-bond donors (Lipinski definition) is 2. The molecule has 1 amide bonds. The van der Waals surface area contributed by atoms with Crippen molar-refractivity contribution >= 4 is 39.9 Å². The van der Waals surface area contributed by atoms with Crippen LogP contribution in [0.4, 0.5) is 5.69 Å². The van der Waals surface area contributed by atoms with Crippen LogP contribution in [0.25, 0.3) is 17.0 Å². The fraction of sp³-hybridized carbons (Fsp3) is 0.156. The minimum Gasteiger partial charge on any atom is -0.504 e. The quantitative estimate of drug-likeness (QED) is 0.331. The number of thiazole rings is 1. The fourth-order valence-corrected chi connectivity index (χ4v) is 6.40. The Morgan fingerprint density at radius 3 is 2.56 bits per heavy atom. The average Bonchev–Trinajstić information content (AvgIpc) is 3.41. The smallest absolute Gasteiger partial charge is 0.271 e. The van der Waals surface area contributed by atoms with Crippen LogP contribution in [-0.2, 0) is 11.8 Å². The zero-order chi connectivity index (χ0) is 28.8. The van der Waals surface area contributed by atoms with Gasteiger partial charge in [-0.05, 0) is 55.8 Å². The standard InChI is InChI=1S/C32H28N4O4S/c1-18-28(30(38)34-21-10-6-5-7-11-21)29(20-14-15-25(37)26(16-20)40-4)36-31(39)27(41-32(36)33-18)17-23-19(2)35(3)24-13-9-8-12-22(23)24/h5-17,29,37H,1-4H3,(H,34,38)/b27-17-/t29-/m0/s1. The van der Waals surface area contributed by atoms with Crippen LogP contribution in [0, 0.1) is 6.92 Å². The van der Waals surface area contributed by atoms with Crippen molar-refractivity contribution < 1.29 is 14.6 Å². The molecule has 0 aliphatic carbocycles. The van der Waals surface area contributed by atoms with Crippen LogP contribution in [-0.4, -0.2) is 27.3 Å². The van der Waals surface area contributed by atoms with Gasteiger partial charge in [0.1, 0.15) is 0 Å². The highest BCUT2D eigenvalue weighted by molar-refractivity contribution is 7.07. The van der Waals surface area contributed by atoms with Gasteiger partial charge in [0.2, 0.25) is 0 Å². The highest BCUT2D eigenvalue weighted by Crippen LogP contribution is 2.35. The predicted octanol–water partition coefficient (Wildman–Crippen LogP) is 4.39. The first-order chi connectivity index (χ1) is 19.8. The molecule has 1 aliphatic rings. The summed E-state index contributed by atoms with van der Waals surface area (Å²) in [5.41, 5.74) is 4.91. The summed E-state index contributed by atoms with van der Waals surface area (Å²) in [6.07, 6.45) is 1.92. The van der Waals surface area contributed by atoms with Gasteiger partial charge in [0.25, 0.3) is 11.5 Å². The maximum absolute atomic E-state index is 14.2. The summed E-state index contributed by atoms with van der Waals surface area (Å²) in [6.45, 7) is 3.81. The number of hydrogen-bond acceptors (Lipinski definition) is 6. The molecule has 206 valence electrons. The van der Waals surface area contributed by atoms with Crippen LogP contribution in [0.2, 0.25) is 0 Å². The molecule has 9 heteroatoms. The summed E-state index contributed by atoms with van der Waals surface area (Å²) in [5.74, 6) is -0.159. The molecule has 3 aromatic carbocycles. The minimum absolute atomic E-state index is 0.0360. The van der Waals surface area contributed by atoms with Gasteiger partial charge in [0, 0.05) is 34.9 Å². The van der Waals surface area contributed by atoms with Gasteiger partial charge in [-0.25, -0.2) is 4.99 Å². The lowest BCUT2D eigenvalue weighted by Gasteiger charge is -2.25. The summed E-state index contributed by atoms with van der Waals surface area (Å²) in [7, 11) is 3.47. The van der Waals surface area contributed by atoms with E-state index >= 15 is 0 Å². The topological polar surface area (TPSA) is 97.9 Å². The molecule has 3 heterocycles. The first-order valence-electron chi connectivity index (χ1n) is 13.1. The Labute approximate surface area is 239 Å². The van der Waals surface area contributed by atoms with Crippen LogP contribution in [0.3, 0.4) is 0 Å². The molecule has 0 saturated carbocycles. The maximum Gasteiger partial charge on any atom is 0.271 e. The summed E-state index contributed by atoms with van der Waals surface area (Å²) in [5, 5.41) is 14.3. The predicted molar refractivity (Wildman–Crippen MR) is 161 cm³/mol. The van der Waals surface area contributed by atoms with E-state index in [1.807, 2.05) is 56.4 Å². The van der Waals surface area contributed by atoms with Crippen LogP contribution >= 0.6 is 11.3 Å². The van der Waals surface area contributed by atoms with Crippen molar-refractivity contribution in [2.75, 3.05) is 12.4 Å². The second kappa shape index (κ2) is 10.3. The van der Waals surface area contributed by atoms with Gasteiger partial charge >= 0.3 is 0 Å². The molecule has 1 aliphatic heterocycles. The lowest BCUT2D eigenvalue weighted by atomic mass is 9.94. The van der Waals surface area contributed by atoms with Crippen molar-refractivity contribution in [1.82, 2.24) is 9.13 Å². The van der Waals surface area contributed by atoms with E-state index in [9.17, 15) is 14.7 Å². The van der Waals surface area contributed by atoms with Crippen molar-refractivity contribution in [3.8, 4) is 11.5 Å². The highest BCUT2D eigenvalue weighted by Gasteiger charge is 2.33. The molecule has 41 heavy (non-hydrogen) atoms. The Morgan fingerprint density at radius 1 is 1.07 bits per heavy atom. The van der Waals surface area contributed by atoms with E-state index in [2.05, 4.69) is 16.0 Å². The fourth-order valence-electron chi connectivity index (χ4n) is 5.37. The number of fused-ring (bicyclic) bond motifs is 2. The summed E-state index contributed by atoms with van der Waals surface area (Å²) in [6, 6.07) is 21.3. The van der Waals surface area contributed by atoms with Gasteiger partial charge in [-0.2, -0.15) is 0 Å². The number of phenolic OH excluding ortho intramolecular Hbond substituents is 1. The maximum atomic E-state index is 14.2. The van der Waals surface area contributed by atoms with Crippen LogP contribution in [0.15, 0.2) is 93.9 Å². The van der Waals surface area contributed by atoms with E-state index in [0.717, 1.165) is 22.2 Å².